The first-order chi connectivity index (χ1) is 15.4. The summed E-state index contributed by atoms with van der Waals surface area (Å²) in [6.45, 7) is 2.41. The topological polar surface area (TPSA) is 90.2 Å². The zero-order valence-electron chi connectivity index (χ0n) is 18.6. The molecule has 8 heteroatoms. The van der Waals surface area contributed by atoms with Crippen LogP contribution in [0.2, 0.25) is 0 Å². The minimum atomic E-state index is -0.0483. The molecule has 0 radical (unpaired) electrons. The van der Waals surface area contributed by atoms with Crippen molar-refractivity contribution in [3.63, 3.8) is 0 Å². The molecule has 0 spiro atoms. The number of aromatic nitrogens is 1. The lowest BCUT2D eigenvalue weighted by atomic mass is 10.1. The Morgan fingerprint density at radius 1 is 1.22 bits per heavy atom. The van der Waals surface area contributed by atoms with Crippen LogP contribution >= 0.6 is 0 Å². The third-order valence-corrected chi connectivity index (χ3v) is 5.92. The number of hydrogen-bond donors (Lipinski definition) is 0. The predicted molar refractivity (Wildman–Crippen MR) is 119 cm³/mol. The first-order valence-corrected chi connectivity index (χ1v) is 10.7. The molecule has 0 bridgehead atoms. The maximum absolute atomic E-state index is 12.9. The Kier molecular flexibility index (Phi) is 6.12. The van der Waals surface area contributed by atoms with Crippen LogP contribution in [-0.4, -0.2) is 59.5 Å². The van der Waals surface area contributed by atoms with Gasteiger partial charge in [0, 0.05) is 51.8 Å². The van der Waals surface area contributed by atoms with Gasteiger partial charge in [-0.3, -0.25) is 19.4 Å². The molecule has 0 N–H and O–H groups in total. The maximum atomic E-state index is 12.9. The van der Waals surface area contributed by atoms with Crippen LogP contribution in [-0.2, 0) is 18.3 Å². The molecular weight excluding hydrogens is 410 g/mol. The van der Waals surface area contributed by atoms with Gasteiger partial charge < -0.3 is 18.9 Å². The monoisotopic (exact) mass is 437 g/mol. The highest BCUT2D eigenvalue weighted by Crippen LogP contribution is 2.38. The number of carbonyl (C=O) groups is 3. The van der Waals surface area contributed by atoms with E-state index in [0.717, 1.165) is 24.9 Å². The van der Waals surface area contributed by atoms with E-state index in [2.05, 4.69) is 4.99 Å². The summed E-state index contributed by atoms with van der Waals surface area (Å²) in [5.74, 6) is 0.809. The molecule has 4 rings (SSSR count). The molecule has 1 atom stereocenters. The number of hydrogen-bond acceptors (Lipinski definition) is 6. The Labute approximate surface area is 186 Å². The van der Waals surface area contributed by atoms with Crippen molar-refractivity contribution in [1.82, 2.24) is 9.47 Å². The van der Waals surface area contributed by atoms with Gasteiger partial charge in [-0.2, -0.15) is 0 Å². The molecule has 2 aliphatic heterocycles. The van der Waals surface area contributed by atoms with Crippen LogP contribution in [0.3, 0.4) is 0 Å². The molecule has 0 unspecified atom stereocenters. The molecule has 1 amide bonds. The van der Waals surface area contributed by atoms with Gasteiger partial charge in [0.2, 0.25) is 0 Å². The third-order valence-electron chi connectivity index (χ3n) is 5.92. The average Bonchev–Trinajstić information content (AvgIpc) is 3.35. The largest absolute Gasteiger partial charge is 0.493 e. The Bertz CT molecular complexity index is 1100. The normalized spacial score (nSPS) is 17.0. The number of aliphatic imine (C=N–C) groups is 1. The highest BCUT2D eigenvalue weighted by Gasteiger charge is 2.32. The van der Waals surface area contributed by atoms with E-state index in [9.17, 15) is 14.4 Å². The van der Waals surface area contributed by atoms with Gasteiger partial charge in [-0.05, 0) is 30.5 Å². The minimum Gasteiger partial charge on any atom is -0.493 e. The standard InChI is InChI=1S/C24H27N3O5/c1-15(28)21-10-16(14-26(21)2)9-18(29)6-8-32-23-12-20-19(11-22(23)31-3)24(30)27-7-4-5-17(27)13-25-20/h10-14,17H,4-9H2,1-3H3/t17-/m0/s1. The van der Waals surface area contributed by atoms with Gasteiger partial charge in [0.25, 0.3) is 5.91 Å². The van der Waals surface area contributed by atoms with Gasteiger partial charge in [-0.25, -0.2) is 0 Å². The number of nitrogens with zero attached hydrogens (tertiary/aromatic N) is 3. The number of ketones is 2. The number of aryl methyl sites for hydroxylation is 1. The van der Waals surface area contributed by atoms with Crippen LogP contribution in [0, 0.1) is 0 Å². The minimum absolute atomic E-state index is 0.00764. The number of benzene rings is 1. The first-order valence-electron chi connectivity index (χ1n) is 10.7. The molecular formula is C24H27N3O5. The van der Waals surface area contributed by atoms with E-state index in [1.807, 2.05) is 11.1 Å². The van der Waals surface area contributed by atoms with Crippen molar-refractivity contribution in [3.8, 4) is 11.5 Å². The lowest BCUT2D eigenvalue weighted by Gasteiger charge is -2.20. The second-order valence-electron chi connectivity index (χ2n) is 8.22. The maximum Gasteiger partial charge on any atom is 0.256 e. The lowest BCUT2D eigenvalue weighted by molar-refractivity contribution is -0.118. The van der Waals surface area contributed by atoms with Crippen molar-refractivity contribution in [2.24, 2.45) is 12.0 Å². The molecule has 0 aliphatic carbocycles. The summed E-state index contributed by atoms with van der Waals surface area (Å²) in [6.07, 6.45) is 5.96. The average molecular weight is 437 g/mol. The smallest absolute Gasteiger partial charge is 0.256 e. The fourth-order valence-electron chi connectivity index (χ4n) is 4.29. The van der Waals surface area contributed by atoms with Crippen molar-refractivity contribution in [2.75, 3.05) is 20.3 Å². The van der Waals surface area contributed by atoms with Gasteiger partial charge in [0.15, 0.2) is 17.3 Å². The highest BCUT2D eigenvalue weighted by atomic mass is 16.5. The zero-order valence-corrected chi connectivity index (χ0v) is 18.6. The van der Waals surface area contributed by atoms with E-state index < -0.39 is 0 Å². The van der Waals surface area contributed by atoms with Crippen molar-refractivity contribution in [2.45, 2.75) is 38.6 Å². The van der Waals surface area contributed by atoms with E-state index in [0.29, 0.717) is 28.4 Å². The van der Waals surface area contributed by atoms with Crippen molar-refractivity contribution in [1.29, 1.82) is 0 Å². The second-order valence-corrected chi connectivity index (χ2v) is 8.22. The summed E-state index contributed by atoms with van der Waals surface area (Å²) in [4.78, 5) is 43.3. The molecule has 2 aromatic rings. The Hall–Kier alpha value is -3.42. The SMILES string of the molecule is COc1cc2c(cc1OCCC(=O)Cc1cc(C(C)=O)n(C)c1)N=C[C@@H]1CCCN1C2=O. The molecule has 1 fully saturated rings. The number of fused-ring (bicyclic) bond motifs is 2. The molecule has 1 aromatic heterocycles. The molecule has 0 saturated carbocycles. The van der Waals surface area contributed by atoms with E-state index in [4.69, 9.17) is 9.47 Å². The summed E-state index contributed by atoms with van der Waals surface area (Å²) in [5, 5.41) is 0. The van der Waals surface area contributed by atoms with Crippen molar-refractivity contribution >= 4 is 29.4 Å². The molecule has 2 aliphatic rings. The van der Waals surface area contributed by atoms with E-state index in [1.165, 1.54) is 14.0 Å². The summed E-state index contributed by atoms with van der Waals surface area (Å²) < 4.78 is 13.0. The third kappa shape index (κ3) is 4.30. The van der Waals surface area contributed by atoms with Crippen LogP contribution in [0.15, 0.2) is 29.4 Å². The highest BCUT2D eigenvalue weighted by molar-refractivity contribution is 6.03. The number of rotatable bonds is 8. The number of Topliss-reactive ketones (excluding diaryl/α,β-unsaturated/α-hetero) is 2. The molecule has 32 heavy (non-hydrogen) atoms. The number of carbonyl (C=O) groups excluding carboxylic acids is 3. The molecule has 3 heterocycles. The first kappa shape index (κ1) is 21.8. The summed E-state index contributed by atoms with van der Waals surface area (Å²) in [5.41, 5.74) is 2.43. The van der Waals surface area contributed by atoms with Gasteiger partial charge in [0.05, 0.1) is 36.7 Å². The molecule has 8 nitrogen and oxygen atoms in total. The number of amides is 1. The van der Waals surface area contributed by atoms with Crippen molar-refractivity contribution < 1.29 is 23.9 Å². The second kappa shape index (κ2) is 8.98. The number of ether oxygens (including phenoxy) is 2. The van der Waals surface area contributed by atoms with Crippen LogP contribution in [0.1, 0.15) is 52.6 Å². The van der Waals surface area contributed by atoms with Gasteiger partial charge in [-0.1, -0.05) is 0 Å². The summed E-state index contributed by atoms with van der Waals surface area (Å²) in [6, 6.07) is 5.15. The van der Waals surface area contributed by atoms with Crippen LogP contribution in [0.25, 0.3) is 0 Å². The van der Waals surface area contributed by atoms with E-state index >= 15 is 0 Å². The van der Waals surface area contributed by atoms with Gasteiger partial charge in [-0.15, -0.1) is 0 Å². The van der Waals surface area contributed by atoms with Crippen molar-refractivity contribution in [3.05, 3.63) is 41.2 Å². The lowest BCUT2D eigenvalue weighted by Crippen LogP contribution is -2.35. The van der Waals surface area contributed by atoms with Gasteiger partial charge >= 0.3 is 0 Å². The number of methoxy groups -OCH3 is 1. The summed E-state index contributed by atoms with van der Waals surface area (Å²) >= 11 is 0. The fourth-order valence-corrected chi connectivity index (χ4v) is 4.29. The molecule has 168 valence electrons. The summed E-state index contributed by atoms with van der Waals surface area (Å²) in [7, 11) is 3.31. The quantitative estimate of drug-likeness (QED) is 0.592. The van der Waals surface area contributed by atoms with Crippen LogP contribution in [0.4, 0.5) is 5.69 Å². The Morgan fingerprint density at radius 2 is 2.03 bits per heavy atom. The molecule has 1 saturated heterocycles. The van der Waals surface area contributed by atoms with Crippen LogP contribution < -0.4 is 9.47 Å². The predicted octanol–water partition coefficient (Wildman–Crippen LogP) is 3.14. The van der Waals surface area contributed by atoms with Crippen LogP contribution in [0.5, 0.6) is 11.5 Å². The zero-order chi connectivity index (χ0) is 22.8. The fraction of sp³-hybridized carbons (Fsp3) is 0.417. The Morgan fingerprint density at radius 3 is 2.75 bits per heavy atom. The molecule has 1 aromatic carbocycles. The van der Waals surface area contributed by atoms with E-state index in [-0.39, 0.29) is 43.0 Å². The Balaban J connectivity index is 1.42. The van der Waals surface area contributed by atoms with Gasteiger partial charge in [0.1, 0.15) is 5.78 Å². The van der Waals surface area contributed by atoms with E-state index in [1.54, 1.807) is 36.0 Å².